The van der Waals surface area contributed by atoms with E-state index in [0.29, 0.717) is 37.7 Å². The van der Waals surface area contributed by atoms with Gasteiger partial charge in [0.25, 0.3) is 5.91 Å². The van der Waals surface area contributed by atoms with Crippen molar-refractivity contribution in [1.82, 2.24) is 19.3 Å². The minimum absolute atomic E-state index is 0.0409. The van der Waals surface area contributed by atoms with E-state index in [1.165, 1.54) is 0 Å². The number of ether oxygens (including phenoxy) is 1. The highest BCUT2D eigenvalue weighted by molar-refractivity contribution is 5.94. The molecule has 2 N–H and O–H groups in total. The lowest BCUT2D eigenvalue weighted by Crippen LogP contribution is -2.40. The van der Waals surface area contributed by atoms with Crippen molar-refractivity contribution in [3.8, 4) is 23.0 Å². The highest BCUT2D eigenvalue weighted by atomic mass is 16.5. The molecule has 1 aliphatic heterocycles. The summed E-state index contributed by atoms with van der Waals surface area (Å²) in [5, 5.41) is 0. The number of amides is 1. The van der Waals surface area contributed by atoms with Crippen LogP contribution in [0.5, 0.6) is 0 Å². The van der Waals surface area contributed by atoms with E-state index in [1.807, 2.05) is 58.0 Å². The number of nitrogens with zero attached hydrogens (tertiary/aromatic N) is 4. The molecule has 0 radical (unpaired) electrons. The fourth-order valence-electron chi connectivity index (χ4n) is 3.66. The van der Waals surface area contributed by atoms with Gasteiger partial charge in [-0.3, -0.25) is 9.20 Å². The number of nitrogen functional groups attached to an aromatic ring is 1. The Morgan fingerprint density at radius 3 is 2.53 bits per heavy atom. The van der Waals surface area contributed by atoms with Crippen molar-refractivity contribution in [2.45, 2.75) is 0 Å². The molecule has 0 unspecified atom stereocenters. The molecule has 0 aliphatic carbocycles. The van der Waals surface area contributed by atoms with Crippen LogP contribution in [-0.4, -0.2) is 51.5 Å². The molecule has 3 aromatic heterocycles. The van der Waals surface area contributed by atoms with Crippen molar-refractivity contribution in [3.05, 3.63) is 83.9 Å². The molecule has 1 aliphatic rings. The molecule has 1 amide bonds. The number of carbonyl (C=O) groups excluding carboxylic acids is 1. The number of carbonyl (C=O) groups is 1. The first kappa shape index (κ1) is 19.8. The summed E-state index contributed by atoms with van der Waals surface area (Å²) in [5.74, 6) is 6.74. The first-order valence-electron chi connectivity index (χ1n) is 10.4. The van der Waals surface area contributed by atoms with Gasteiger partial charge in [-0.05, 0) is 53.4 Å². The lowest BCUT2D eigenvalue weighted by molar-refractivity contribution is 0.0303. The molecular formula is C25H21N5O2. The van der Waals surface area contributed by atoms with Crippen LogP contribution in [0.3, 0.4) is 0 Å². The number of morpholine rings is 1. The summed E-state index contributed by atoms with van der Waals surface area (Å²) in [6.07, 6.45) is 5.40. The number of rotatable bonds is 2. The summed E-state index contributed by atoms with van der Waals surface area (Å²) >= 11 is 0. The third kappa shape index (κ3) is 4.04. The third-order valence-electron chi connectivity index (χ3n) is 5.39. The standard InChI is InChI=1S/C25H21N5O2/c26-23-15-18(9-10-27-23)1-7-22-16-28-24-8-6-21(17-30(22)24)19-2-4-20(5-3-19)25(31)29-11-13-32-14-12-29/h2-6,8-10,15-17H,11-14H2,(H2,26,27). The van der Waals surface area contributed by atoms with Gasteiger partial charge in [0.05, 0.1) is 19.4 Å². The number of imidazole rings is 1. The van der Waals surface area contributed by atoms with Crippen LogP contribution in [0.15, 0.2) is 67.1 Å². The van der Waals surface area contributed by atoms with E-state index in [0.717, 1.165) is 28.0 Å². The highest BCUT2D eigenvalue weighted by Crippen LogP contribution is 2.22. The predicted octanol–water partition coefficient (Wildman–Crippen LogP) is 2.85. The van der Waals surface area contributed by atoms with Gasteiger partial charge in [0.1, 0.15) is 17.2 Å². The molecule has 0 atom stereocenters. The summed E-state index contributed by atoms with van der Waals surface area (Å²) in [5.41, 5.74) is 10.8. The van der Waals surface area contributed by atoms with Gasteiger partial charge in [0.2, 0.25) is 0 Å². The van der Waals surface area contributed by atoms with Crippen LogP contribution in [0.4, 0.5) is 5.82 Å². The lowest BCUT2D eigenvalue weighted by Gasteiger charge is -2.26. The molecule has 1 saturated heterocycles. The van der Waals surface area contributed by atoms with Crippen LogP contribution >= 0.6 is 0 Å². The zero-order chi connectivity index (χ0) is 21.9. The summed E-state index contributed by atoms with van der Waals surface area (Å²) in [6, 6.07) is 15.2. The van der Waals surface area contributed by atoms with Gasteiger partial charge in [0, 0.05) is 36.6 Å². The van der Waals surface area contributed by atoms with Crippen molar-refractivity contribution in [3.63, 3.8) is 0 Å². The molecule has 1 aromatic carbocycles. The maximum Gasteiger partial charge on any atom is 0.254 e. The summed E-state index contributed by atoms with van der Waals surface area (Å²) in [7, 11) is 0. The third-order valence-corrected chi connectivity index (χ3v) is 5.39. The Bertz CT molecular complexity index is 1340. The molecule has 4 heterocycles. The number of aromatic nitrogens is 3. The van der Waals surface area contributed by atoms with Crippen LogP contribution in [0.25, 0.3) is 16.8 Å². The Hall–Kier alpha value is -4.15. The van der Waals surface area contributed by atoms with Crippen molar-refractivity contribution in [1.29, 1.82) is 0 Å². The lowest BCUT2D eigenvalue weighted by atomic mass is 10.0. The molecule has 7 nitrogen and oxygen atoms in total. The number of hydrogen-bond donors (Lipinski definition) is 1. The molecule has 0 bridgehead atoms. The Labute approximate surface area is 185 Å². The van der Waals surface area contributed by atoms with Crippen LogP contribution in [-0.2, 0) is 4.74 Å². The fraction of sp³-hybridized carbons (Fsp3) is 0.160. The number of fused-ring (bicyclic) bond motifs is 1. The molecule has 0 saturated carbocycles. The Morgan fingerprint density at radius 2 is 1.75 bits per heavy atom. The number of anilines is 1. The second-order valence-electron chi connectivity index (χ2n) is 7.49. The van der Waals surface area contributed by atoms with Crippen molar-refractivity contribution in [2.75, 3.05) is 32.0 Å². The zero-order valence-corrected chi connectivity index (χ0v) is 17.4. The second kappa shape index (κ2) is 8.53. The topological polar surface area (TPSA) is 85.8 Å². The average Bonchev–Trinajstić information content (AvgIpc) is 3.25. The summed E-state index contributed by atoms with van der Waals surface area (Å²) < 4.78 is 7.29. The molecule has 7 heteroatoms. The van der Waals surface area contributed by atoms with Crippen molar-refractivity contribution >= 4 is 17.4 Å². The average molecular weight is 423 g/mol. The highest BCUT2D eigenvalue weighted by Gasteiger charge is 2.18. The smallest absolute Gasteiger partial charge is 0.254 e. The monoisotopic (exact) mass is 423 g/mol. The number of hydrogen-bond acceptors (Lipinski definition) is 5. The van der Waals surface area contributed by atoms with E-state index in [9.17, 15) is 4.79 Å². The van der Waals surface area contributed by atoms with Crippen LogP contribution < -0.4 is 5.73 Å². The van der Waals surface area contributed by atoms with Crippen molar-refractivity contribution < 1.29 is 9.53 Å². The molecule has 5 rings (SSSR count). The first-order chi connectivity index (χ1) is 15.7. The molecule has 32 heavy (non-hydrogen) atoms. The molecular weight excluding hydrogens is 402 g/mol. The Balaban J connectivity index is 1.41. The van der Waals surface area contributed by atoms with E-state index in [-0.39, 0.29) is 5.91 Å². The zero-order valence-electron chi connectivity index (χ0n) is 17.4. The molecule has 4 aromatic rings. The van der Waals surface area contributed by atoms with E-state index >= 15 is 0 Å². The van der Waals surface area contributed by atoms with Gasteiger partial charge in [0.15, 0.2) is 0 Å². The number of nitrogens with two attached hydrogens (primary N) is 1. The number of pyridine rings is 2. The van der Waals surface area contributed by atoms with Crippen LogP contribution in [0.2, 0.25) is 0 Å². The SMILES string of the molecule is Nc1cc(C#Cc2cnc3ccc(-c4ccc(C(=O)N5CCOCC5)cc4)cn23)ccn1. The van der Waals surface area contributed by atoms with Crippen molar-refractivity contribution in [2.24, 2.45) is 0 Å². The summed E-state index contributed by atoms with van der Waals surface area (Å²) in [6.45, 7) is 2.45. The van der Waals surface area contributed by atoms with Gasteiger partial charge in [-0.25, -0.2) is 9.97 Å². The Morgan fingerprint density at radius 1 is 0.969 bits per heavy atom. The maximum absolute atomic E-state index is 12.7. The predicted molar refractivity (Wildman–Crippen MR) is 122 cm³/mol. The van der Waals surface area contributed by atoms with E-state index in [1.54, 1.807) is 18.5 Å². The quantitative estimate of drug-likeness (QED) is 0.501. The molecule has 1 fully saturated rings. The number of benzene rings is 1. The van der Waals surface area contributed by atoms with Gasteiger partial charge < -0.3 is 15.4 Å². The molecule has 158 valence electrons. The van der Waals surface area contributed by atoms with E-state index in [4.69, 9.17) is 10.5 Å². The minimum atomic E-state index is 0.0409. The first-order valence-corrected chi connectivity index (χ1v) is 10.4. The van der Waals surface area contributed by atoms with Gasteiger partial charge in [-0.2, -0.15) is 0 Å². The Kier molecular flexibility index (Phi) is 5.28. The van der Waals surface area contributed by atoms with E-state index < -0.39 is 0 Å². The largest absolute Gasteiger partial charge is 0.384 e. The maximum atomic E-state index is 12.7. The fourth-order valence-corrected chi connectivity index (χ4v) is 3.66. The van der Waals surface area contributed by atoms with Gasteiger partial charge in [-0.1, -0.05) is 18.1 Å². The van der Waals surface area contributed by atoms with Gasteiger partial charge >= 0.3 is 0 Å². The summed E-state index contributed by atoms with van der Waals surface area (Å²) in [4.78, 5) is 22.9. The minimum Gasteiger partial charge on any atom is -0.384 e. The normalized spacial score (nSPS) is 13.6. The second-order valence-corrected chi connectivity index (χ2v) is 7.49. The van der Waals surface area contributed by atoms with E-state index in [2.05, 4.69) is 21.8 Å². The van der Waals surface area contributed by atoms with Crippen LogP contribution in [0.1, 0.15) is 21.6 Å². The van der Waals surface area contributed by atoms with Crippen LogP contribution in [0, 0.1) is 11.8 Å². The molecule has 0 spiro atoms. The van der Waals surface area contributed by atoms with Gasteiger partial charge in [-0.15, -0.1) is 0 Å².